The van der Waals surface area contributed by atoms with E-state index in [1.165, 1.54) is 18.3 Å². The third kappa shape index (κ3) is 2.56. The van der Waals surface area contributed by atoms with Crippen LogP contribution in [0.25, 0.3) is 20.2 Å². The van der Waals surface area contributed by atoms with E-state index in [1.54, 1.807) is 18.2 Å². The fraction of sp³-hybridized carbons (Fsp3) is 0.0625. The molecule has 0 saturated heterocycles. The van der Waals surface area contributed by atoms with E-state index in [2.05, 4.69) is 9.99 Å². The molecule has 3 rings (SSSR count). The van der Waals surface area contributed by atoms with Gasteiger partial charge in [-0.05, 0) is 24.3 Å². The first-order valence-electron chi connectivity index (χ1n) is 6.53. The standard InChI is InChI=1S/C16H12N2O3S/c1-9(19)21-18-16(17)10-6-7-12-14(8-10)22-13-5-3-2-4-11(13)15(12)20/h2-8H,1H3,(H2,17,18). The maximum atomic E-state index is 12.5. The van der Waals surface area contributed by atoms with E-state index in [4.69, 9.17) is 5.73 Å². The van der Waals surface area contributed by atoms with Crippen LogP contribution in [0.15, 0.2) is 52.4 Å². The van der Waals surface area contributed by atoms with E-state index in [0.29, 0.717) is 16.3 Å². The van der Waals surface area contributed by atoms with Crippen LogP contribution < -0.4 is 11.2 Å². The third-order valence-corrected chi connectivity index (χ3v) is 4.28. The van der Waals surface area contributed by atoms with Crippen LogP contribution in [0.2, 0.25) is 0 Å². The first-order valence-corrected chi connectivity index (χ1v) is 7.35. The Balaban J connectivity index is 2.18. The zero-order valence-corrected chi connectivity index (χ0v) is 12.5. The van der Waals surface area contributed by atoms with Crippen molar-refractivity contribution in [1.82, 2.24) is 0 Å². The number of hydrogen-bond acceptors (Lipinski definition) is 5. The van der Waals surface area contributed by atoms with Crippen LogP contribution in [0, 0.1) is 0 Å². The molecule has 0 atom stereocenters. The van der Waals surface area contributed by atoms with E-state index in [0.717, 1.165) is 9.40 Å². The fourth-order valence-electron chi connectivity index (χ4n) is 2.13. The Morgan fingerprint density at radius 1 is 1.14 bits per heavy atom. The second-order valence-corrected chi connectivity index (χ2v) is 5.78. The van der Waals surface area contributed by atoms with Crippen LogP contribution in [-0.2, 0) is 9.63 Å². The van der Waals surface area contributed by atoms with Gasteiger partial charge in [-0.1, -0.05) is 23.4 Å². The van der Waals surface area contributed by atoms with Crippen LogP contribution in [-0.4, -0.2) is 11.8 Å². The molecule has 5 nitrogen and oxygen atoms in total. The molecule has 2 aromatic carbocycles. The summed E-state index contributed by atoms with van der Waals surface area (Å²) >= 11 is 1.50. The fourth-order valence-corrected chi connectivity index (χ4v) is 3.24. The predicted molar refractivity (Wildman–Crippen MR) is 88.1 cm³/mol. The van der Waals surface area contributed by atoms with Gasteiger partial charge in [-0.15, -0.1) is 11.3 Å². The maximum Gasteiger partial charge on any atom is 0.332 e. The Morgan fingerprint density at radius 2 is 1.86 bits per heavy atom. The van der Waals surface area contributed by atoms with Crippen LogP contribution >= 0.6 is 11.3 Å². The SMILES string of the molecule is CC(=O)O/N=C(\N)c1ccc2c(=O)c3ccccc3sc2c1. The summed E-state index contributed by atoms with van der Waals surface area (Å²) in [5, 5.41) is 4.89. The van der Waals surface area contributed by atoms with Crippen molar-refractivity contribution in [2.24, 2.45) is 10.9 Å². The minimum atomic E-state index is -0.542. The Kier molecular flexibility index (Phi) is 3.60. The number of nitrogens with two attached hydrogens (primary N) is 1. The van der Waals surface area contributed by atoms with Crippen molar-refractivity contribution < 1.29 is 9.63 Å². The summed E-state index contributed by atoms with van der Waals surface area (Å²) in [6.07, 6.45) is 0. The highest BCUT2D eigenvalue weighted by atomic mass is 32.1. The summed E-state index contributed by atoms with van der Waals surface area (Å²) < 4.78 is 1.72. The van der Waals surface area contributed by atoms with E-state index in [1.807, 2.05) is 24.3 Å². The van der Waals surface area contributed by atoms with Crippen molar-refractivity contribution in [1.29, 1.82) is 0 Å². The Labute approximate surface area is 129 Å². The highest BCUT2D eigenvalue weighted by molar-refractivity contribution is 7.24. The molecular weight excluding hydrogens is 300 g/mol. The molecule has 0 radical (unpaired) electrons. The average Bonchev–Trinajstić information content (AvgIpc) is 2.52. The zero-order chi connectivity index (χ0) is 15.7. The highest BCUT2D eigenvalue weighted by Gasteiger charge is 2.08. The molecule has 1 heterocycles. The van der Waals surface area contributed by atoms with Gasteiger partial charge >= 0.3 is 5.97 Å². The van der Waals surface area contributed by atoms with Gasteiger partial charge in [0.05, 0.1) is 0 Å². The summed E-state index contributed by atoms with van der Waals surface area (Å²) in [7, 11) is 0. The van der Waals surface area contributed by atoms with Gasteiger partial charge in [-0.2, -0.15) is 0 Å². The van der Waals surface area contributed by atoms with Crippen molar-refractivity contribution in [3.63, 3.8) is 0 Å². The van der Waals surface area contributed by atoms with E-state index >= 15 is 0 Å². The molecule has 1 aromatic heterocycles. The molecule has 0 saturated carbocycles. The molecule has 0 aliphatic carbocycles. The monoisotopic (exact) mass is 312 g/mol. The number of hydrogen-bond donors (Lipinski definition) is 1. The quantitative estimate of drug-likeness (QED) is 0.259. The number of carbonyl (C=O) groups excluding carboxylic acids is 1. The largest absolute Gasteiger partial charge is 0.380 e. The van der Waals surface area contributed by atoms with Gasteiger partial charge in [0.1, 0.15) is 0 Å². The van der Waals surface area contributed by atoms with Crippen molar-refractivity contribution in [3.05, 3.63) is 58.3 Å². The van der Waals surface area contributed by atoms with Gasteiger partial charge in [0.15, 0.2) is 11.3 Å². The summed E-state index contributed by atoms with van der Waals surface area (Å²) in [4.78, 5) is 27.7. The van der Waals surface area contributed by atoms with Crippen LogP contribution in [0.5, 0.6) is 0 Å². The van der Waals surface area contributed by atoms with Crippen LogP contribution in [0.3, 0.4) is 0 Å². The minimum absolute atomic E-state index is 0.00797. The van der Waals surface area contributed by atoms with Crippen LogP contribution in [0.1, 0.15) is 12.5 Å². The molecule has 110 valence electrons. The lowest BCUT2D eigenvalue weighted by atomic mass is 10.1. The molecule has 3 aromatic rings. The van der Waals surface area contributed by atoms with Crippen molar-refractivity contribution in [3.8, 4) is 0 Å². The van der Waals surface area contributed by atoms with Gasteiger partial charge in [-0.3, -0.25) is 4.79 Å². The lowest BCUT2D eigenvalue weighted by Gasteiger charge is -2.04. The number of nitrogens with zero attached hydrogens (tertiary/aromatic N) is 1. The Morgan fingerprint density at radius 3 is 2.64 bits per heavy atom. The second kappa shape index (κ2) is 5.57. The van der Waals surface area contributed by atoms with E-state index in [9.17, 15) is 9.59 Å². The van der Waals surface area contributed by atoms with Crippen molar-refractivity contribution >= 4 is 43.3 Å². The number of benzene rings is 2. The number of amidine groups is 1. The number of rotatable bonds is 2. The molecule has 0 fully saturated rings. The van der Waals surface area contributed by atoms with Gasteiger partial charge in [0, 0.05) is 32.7 Å². The smallest absolute Gasteiger partial charge is 0.332 e. The number of carbonyl (C=O) groups is 1. The number of oxime groups is 1. The second-order valence-electron chi connectivity index (χ2n) is 4.70. The molecule has 0 aliphatic heterocycles. The summed E-state index contributed by atoms with van der Waals surface area (Å²) in [5.74, 6) is -0.454. The Bertz CT molecular complexity index is 976. The maximum absolute atomic E-state index is 12.5. The normalized spacial score (nSPS) is 11.8. The Hall–Kier alpha value is -2.73. The van der Waals surface area contributed by atoms with Gasteiger partial charge in [0.25, 0.3) is 0 Å². The first kappa shape index (κ1) is 14.2. The van der Waals surface area contributed by atoms with Crippen molar-refractivity contribution in [2.45, 2.75) is 6.92 Å². The lowest BCUT2D eigenvalue weighted by Crippen LogP contribution is -2.15. The molecule has 0 bridgehead atoms. The molecule has 0 aliphatic rings. The topological polar surface area (TPSA) is 81.8 Å². The zero-order valence-electron chi connectivity index (χ0n) is 11.7. The molecule has 22 heavy (non-hydrogen) atoms. The van der Waals surface area contributed by atoms with Crippen LogP contribution in [0.4, 0.5) is 0 Å². The molecule has 6 heteroatoms. The average molecular weight is 312 g/mol. The predicted octanol–water partition coefficient (Wildman–Crippen LogP) is 2.60. The molecule has 2 N–H and O–H groups in total. The highest BCUT2D eigenvalue weighted by Crippen LogP contribution is 2.25. The number of fused-ring (bicyclic) bond motifs is 2. The molecular formula is C16H12N2O3S. The van der Waals surface area contributed by atoms with Gasteiger partial charge < -0.3 is 10.6 Å². The van der Waals surface area contributed by atoms with Crippen molar-refractivity contribution in [2.75, 3.05) is 0 Å². The van der Waals surface area contributed by atoms with E-state index < -0.39 is 5.97 Å². The first-order chi connectivity index (χ1) is 10.6. The molecule has 0 unspecified atom stereocenters. The summed E-state index contributed by atoms with van der Waals surface area (Å²) in [6.45, 7) is 1.25. The van der Waals surface area contributed by atoms with Gasteiger partial charge in [-0.25, -0.2) is 4.79 Å². The summed E-state index contributed by atoms with van der Waals surface area (Å²) in [5.41, 5.74) is 6.37. The summed E-state index contributed by atoms with van der Waals surface area (Å²) in [6, 6.07) is 12.6. The lowest BCUT2D eigenvalue weighted by molar-refractivity contribution is -0.140. The minimum Gasteiger partial charge on any atom is -0.380 e. The van der Waals surface area contributed by atoms with E-state index in [-0.39, 0.29) is 11.3 Å². The molecule has 0 amide bonds. The molecule has 0 spiro atoms. The van der Waals surface area contributed by atoms with Gasteiger partial charge in [0.2, 0.25) is 0 Å². The third-order valence-electron chi connectivity index (χ3n) is 3.15.